The second-order valence-electron chi connectivity index (χ2n) is 5.28. The van der Waals surface area contributed by atoms with Gasteiger partial charge in [-0.2, -0.15) is 0 Å². The Kier molecular flexibility index (Phi) is 5.67. The number of carbonyl (C=O) groups excluding carboxylic acids is 1. The number of ether oxygens (including phenoxy) is 2. The van der Waals surface area contributed by atoms with E-state index in [1.54, 1.807) is 0 Å². The summed E-state index contributed by atoms with van der Waals surface area (Å²) in [5.41, 5.74) is -0.330. The van der Waals surface area contributed by atoms with Gasteiger partial charge < -0.3 is 30.1 Å². The number of aliphatic hydroxyl groups excluding tert-OH is 3. The number of nitro groups is 1. The molecule has 0 radical (unpaired) electrons. The summed E-state index contributed by atoms with van der Waals surface area (Å²) >= 11 is 0. The van der Waals surface area contributed by atoms with Gasteiger partial charge in [0.1, 0.15) is 24.4 Å². The Morgan fingerprint density at radius 3 is 2.62 bits per heavy atom. The molecule has 5 atom stereocenters. The summed E-state index contributed by atoms with van der Waals surface area (Å²) in [6.45, 7) is 0.584. The summed E-state index contributed by atoms with van der Waals surface area (Å²) in [5.74, 6) is -0.656. The summed E-state index contributed by atoms with van der Waals surface area (Å²) in [4.78, 5) is 21.7. The third kappa shape index (κ3) is 3.79. The molecule has 0 spiro atoms. The number of nitrogens with one attached hydrogen (secondary N) is 1. The molecule has 0 saturated carbocycles. The zero-order chi connectivity index (χ0) is 17.9. The lowest BCUT2D eigenvalue weighted by molar-refractivity contribution is -0.386. The smallest absolute Gasteiger partial charge is 0.311 e. The molecule has 1 amide bonds. The van der Waals surface area contributed by atoms with Gasteiger partial charge in [0.05, 0.1) is 11.5 Å². The number of nitro benzene ring substituents is 1. The molecule has 0 aromatic heterocycles. The number of benzene rings is 1. The highest BCUT2D eigenvalue weighted by molar-refractivity contribution is 5.73. The second-order valence-corrected chi connectivity index (χ2v) is 5.28. The van der Waals surface area contributed by atoms with Gasteiger partial charge in [0, 0.05) is 13.0 Å². The van der Waals surface area contributed by atoms with Crippen molar-refractivity contribution >= 4 is 11.6 Å². The Morgan fingerprint density at radius 1 is 1.38 bits per heavy atom. The predicted molar refractivity (Wildman–Crippen MR) is 79.1 cm³/mol. The molecule has 24 heavy (non-hydrogen) atoms. The fourth-order valence-corrected chi connectivity index (χ4v) is 2.40. The van der Waals surface area contributed by atoms with Crippen LogP contribution in [0.15, 0.2) is 24.3 Å². The van der Waals surface area contributed by atoms with Gasteiger partial charge in [-0.15, -0.1) is 0 Å². The SMILES string of the molecule is CC(=O)N[C@H]1[C@@H](Oc2ccccc2[N+](=O)[O-])O[C@@H](CO)[C@H](O)[C@H]1O. The molecule has 1 saturated heterocycles. The minimum atomic E-state index is -1.49. The molecular weight excluding hydrogens is 324 g/mol. The highest BCUT2D eigenvalue weighted by Gasteiger charge is 2.46. The van der Waals surface area contributed by atoms with Crippen molar-refractivity contribution in [1.29, 1.82) is 0 Å². The Bertz CT molecular complexity index is 610. The molecule has 1 heterocycles. The number of rotatable bonds is 5. The van der Waals surface area contributed by atoms with Crippen molar-refractivity contribution in [3.05, 3.63) is 34.4 Å². The minimum absolute atomic E-state index is 0.136. The first-order valence-corrected chi connectivity index (χ1v) is 7.14. The molecule has 2 rings (SSSR count). The van der Waals surface area contributed by atoms with Crippen LogP contribution in [0.2, 0.25) is 0 Å². The first kappa shape index (κ1) is 18.1. The van der Waals surface area contributed by atoms with E-state index in [4.69, 9.17) is 9.47 Å². The summed E-state index contributed by atoms with van der Waals surface area (Å²) in [5, 5.41) is 42.7. The lowest BCUT2D eigenvalue weighted by Crippen LogP contribution is -2.65. The Hall–Kier alpha value is -2.27. The lowest BCUT2D eigenvalue weighted by atomic mass is 9.97. The van der Waals surface area contributed by atoms with E-state index in [2.05, 4.69) is 5.32 Å². The van der Waals surface area contributed by atoms with E-state index in [0.29, 0.717) is 0 Å². The summed E-state index contributed by atoms with van der Waals surface area (Å²) in [7, 11) is 0. The van der Waals surface area contributed by atoms with Gasteiger partial charge >= 0.3 is 5.69 Å². The summed E-state index contributed by atoms with van der Waals surface area (Å²) in [6.07, 6.45) is -5.46. The molecule has 4 N–H and O–H groups in total. The molecule has 132 valence electrons. The van der Waals surface area contributed by atoms with Crippen LogP contribution in [0.3, 0.4) is 0 Å². The Labute approximate surface area is 136 Å². The van der Waals surface area contributed by atoms with Crippen molar-refractivity contribution < 1.29 is 34.5 Å². The topological polar surface area (TPSA) is 151 Å². The third-order valence-corrected chi connectivity index (χ3v) is 3.56. The average Bonchev–Trinajstić information content (AvgIpc) is 2.54. The van der Waals surface area contributed by atoms with Gasteiger partial charge in [0.2, 0.25) is 12.2 Å². The van der Waals surface area contributed by atoms with Gasteiger partial charge in [-0.1, -0.05) is 12.1 Å². The number of para-hydroxylation sites is 2. The Morgan fingerprint density at radius 2 is 2.04 bits per heavy atom. The van der Waals surface area contributed by atoms with Crippen molar-refractivity contribution in [1.82, 2.24) is 5.32 Å². The molecule has 0 aliphatic carbocycles. The van der Waals surface area contributed by atoms with Gasteiger partial charge in [0.25, 0.3) is 0 Å². The van der Waals surface area contributed by atoms with Crippen LogP contribution in [0.5, 0.6) is 5.75 Å². The van der Waals surface area contributed by atoms with E-state index in [9.17, 15) is 30.2 Å². The van der Waals surface area contributed by atoms with Crippen LogP contribution >= 0.6 is 0 Å². The first-order chi connectivity index (χ1) is 11.3. The fourth-order valence-electron chi connectivity index (χ4n) is 2.40. The van der Waals surface area contributed by atoms with Gasteiger partial charge in [-0.3, -0.25) is 14.9 Å². The number of amides is 1. The molecule has 10 nitrogen and oxygen atoms in total. The first-order valence-electron chi connectivity index (χ1n) is 7.14. The van der Waals surface area contributed by atoms with Crippen molar-refractivity contribution in [2.75, 3.05) is 6.61 Å². The predicted octanol–water partition coefficient (Wildman–Crippen LogP) is -1.08. The van der Waals surface area contributed by atoms with E-state index in [1.165, 1.54) is 31.2 Å². The molecule has 10 heteroatoms. The zero-order valence-corrected chi connectivity index (χ0v) is 12.7. The van der Waals surface area contributed by atoms with Crippen LogP contribution in [0.4, 0.5) is 5.69 Å². The largest absolute Gasteiger partial charge is 0.455 e. The lowest BCUT2D eigenvalue weighted by Gasteiger charge is -2.41. The van der Waals surface area contributed by atoms with Gasteiger partial charge in [-0.25, -0.2) is 0 Å². The van der Waals surface area contributed by atoms with E-state index in [1.807, 2.05) is 0 Å². The average molecular weight is 342 g/mol. The summed E-state index contributed by atoms with van der Waals surface area (Å²) in [6, 6.07) is 4.33. The quantitative estimate of drug-likeness (QED) is 0.389. The molecule has 1 aromatic rings. The van der Waals surface area contributed by atoms with Crippen molar-refractivity contribution in [3.63, 3.8) is 0 Å². The van der Waals surface area contributed by atoms with Crippen molar-refractivity contribution in [3.8, 4) is 5.75 Å². The molecule has 1 aromatic carbocycles. The van der Waals surface area contributed by atoms with Gasteiger partial charge in [-0.05, 0) is 6.07 Å². The maximum atomic E-state index is 11.3. The molecule has 1 fully saturated rings. The number of hydrogen-bond acceptors (Lipinski definition) is 8. The molecule has 1 aliphatic rings. The zero-order valence-electron chi connectivity index (χ0n) is 12.7. The molecular formula is C14H18N2O8. The number of carbonyl (C=O) groups is 1. The number of hydrogen-bond donors (Lipinski definition) is 4. The van der Waals surface area contributed by atoms with Crippen LogP contribution in [-0.2, 0) is 9.53 Å². The highest BCUT2D eigenvalue weighted by Crippen LogP contribution is 2.30. The van der Waals surface area contributed by atoms with E-state index < -0.39 is 48.1 Å². The van der Waals surface area contributed by atoms with Crippen molar-refractivity contribution in [2.45, 2.75) is 37.6 Å². The monoisotopic (exact) mass is 342 g/mol. The third-order valence-electron chi connectivity index (χ3n) is 3.56. The van der Waals surface area contributed by atoms with E-state index in [0.717, 1.165) is 0 Å². The Balaban J connectivity index is 2.30. The van der Waals surface area contributed by atoms with E-state index in [-0.39, 0.29) is 11.4 Å². The highest BCUT2D eigenvalue weighted by atomic mass is 16.7. The minimum Gasteiger partial charge on any atom is -0.455 e. The van der Waals surface area contributed by atoms with Crippen LogP contribution in [0.25, 0.3) is 0 Å². The second kappa shape index (κ2) is 7.53. The van der Waals surface area contributed by atoms with Crippen LogP contribution < -0.4 is 10.1 Å². The van der Waals surface area contributed by atoms with Gasteiger partial charge in [0.15, 0.2) is 5.75 Å². The fraction of sp³-hybridized carbons (Fsp3) is 0.500. The molecule has 0 bridgehead atoms. The maximum Gasteiger partial charge on any atom is 0.311 e. The van der Waals surface area contributed by atoms with Crippen LogP contribution in [0.1, 0.15) is 6.92 Å². The molecule has 1 aliphatic heterocycles. The number of nitrogens with zero attached hydrogens (tertiary/aromatic N) is 1. The number of aliphatic hydroxyl groups is 3. The maximum absolute atomic E-state index is 11.3. The normalized spacial score (nSPS) is 29.8. The van der Waals surface area contributed by atoms with Crippen LogP contribution in [0, 0.1) is 10.1 Å². The standard InChI is InChI=1S/C14H18N2O8/c1-7(18)15-11-13(20)12(19)10(6-17)24-14(11)23-9-5-3-2-4-8(9)16(21)22/h2-5,10-14,17,19-20H,6H2,1H3,(H,15,18)/t10-,11+,12-,13-,14-/m0/s1. The summed E-state index contributed by atoms with van der Waals surface area (Å²) < 4.78 is 10.8. The van der Waals surface area contributed by atoms with E-state index >= 15 is 0 Å². The molecule has 0 unspecified atom stereocenters. The van der Waals surface area contributed by atoms with Crippen molar-refractivity contribution in [2.24, 2.45) is 0 Å². The van der Waals surface area contributed by atoms with Crippen LogP contribution in [-0.4, -0.2) is 63.4 Å².